The van der Waals surface area contributed by atoms with Gasteiger partial charge in [-0.2, -0.15) is 0 Å². The van der Waals surface area contributed by atoms with Crippen LogP contribution in [0.1, 0.15) is 27.6 Å². The van der Waals surface area contributed by atoms with Crippen LogP contribution >= 0.6 is 11.3 Å². The third-order valence-electron chi connectivity index (χ3n) is 3.22. The number of nitrogens with two attached hydrogens (primary N) is 1. The molecule has 0 unspecified atom stereocenters. The van der Waals surface area contributed by atoms with E-state index in [0.717, 1.165) is 17.4 Å². The van der Waals surface area contributed by atoms with Crippen LogP contribution in [0.4, 0.5) is 9.39 Å². The summed E-state index contributed by atoms with van der Waals surface area (Å²) < 4.78 is 23.7. The highest BCUT2D eigenvalue weighted by atomic mass is 32.1. The summed E-state index contributed by atoms with van der Waals surface area (Å²) in [4.78, 5) is 35.3. The lowest BCUT2D eigenvalue weighted by Crippen LogP contribution is -2.30. The molecule has 2 amide bonds. The van der Waals surface area contributed by atoms with E-state index in [0.29, 0.717) is 0 Å². The minimum absolute atomic E-state index is 0.151. The first-order valence-corrected chi connectivity index (χ1v) is 7.94. The monoisotopic (exact) mass is 366 g/mol. The van der Waals surface area contributed by atoms with Gasteiger partial charge < -0.3 is 20.5 Å². The maximum Gasteiger partial charge on any atom is 0.341 e. The molecule has 132 valence electrons. The topological polar surface area (TPSA) is 108 Å². The van der Waals surface area contributed by atoms with Crippen molar-refractivity contribution in [2.75, 3.05) is 12.4 Å². The van der Waals surface area contributed by atoms with Gasteiger partial charge in [0.25, 0.3) is 11.8 Å². The first-order valence-electron chi connectivity index (χ1n) is 7.06. The quantitative estimate of drug-likeness (QED) is 0.762. The normalized spacial score (nSPS) is 11.5. The van der Waals surface area contributed by atoms with Crippen molar-refractivity contribution in [2.45, 2.75) is 13.0 Å². The number of hydrogen-bond acceptors (Lipinski definition) is 6. The van der Waals surface area contributed by atoms with Gasteiger partial charge in [0, 0.05) is 6.07 Å². The molecular formula is C16H15FN2O5S. The number of halogens is 1. The number of anilines is 1. The standard InChI is InChI=1S/C16H15FN2O5S/c1-8(14(21)19-15-11(13(18)20)5-6-25-15)24-16(22)10-4-3-9(23-2)7-12(10)17/h3-8H,1-2H3,(H2,18,20)(H,19,21)/t8-/m1/s1. The molecule has 0 aliphatic carbocycles. The number of rotatable bonds is 6. The second-order valence-corrected chi connectivity index (χ2v) is 5.83. The van der Waals surface area contributed by atoms with Crippen LogP contribution in [0.2, 0.25) is 0 Å². The third-order valence-corrected chi connectivity index (χ3v) is 4.05. The molecule has 1 heterocycles. The number of nitrogens with one attached hydrogen (secondary N) is 1. The van der Waals surface area contributed by atoms with Gasteiger partial charge >= 0.3 is 5.97 Å². The van der Waals surface area contributed by atoms with E-state index in [4.69, 9.17) is 15.2 Å². The first kappa shape index (κ1) is 18.4. The lowest BCUT2D eigenvalue weighted by Gasteiger charge is -2.14. The number of primary amides is 1. The Bertz CT molecular complexity index is 821. The number of benzene rings is 1. The van der Waals surface area contributed by atoms with E-state index in [1.54, 1.807) is 5.38 Å². The second-order valence-electron chi connectivity index (χ2n) is 4.91. The molecule has 7 nitrogen and oxygen atoms in total. The van der Waals surface area contributed by atoms with Crippen molar-refractivity contribution >= 4 is 34.1 Å². The van der Waals surface area contributed by atoms with Crippen molar-refractivity contribution in [1.29, 1.82) is 0 Å². The van der Waals surface area contributed by atoms with E-state index >= 15 is 0 Å². The fraction of sp³-hybridized carbons (Fsp3) is 0.188. The maximum atomic E-state index is 13.9. The molecule has 0 aliphatic rings. The number of hydrogen-bond donors (Lipinski definition) is 2. The first-order chi connectivity index (χ1) is 11.8. The summed E-state index contributed by atoms with van der Waals surface area (Å²) in [6.07, 6.45) is -1.21. The molecule has 0 fully saturated rings. The molecule has 0 aliphatic heterocycles. The molecule has 1 aromatic heterocycles. The highest BCUT2D eigenvalue weighted by Crippen LogP contribution is 2.23. The van der Waals surface area contributed by atoms with Crippen molar-refractivity contribution in [3.63, 3.8) is 0 Å². The van der Waals surface area contributed by atoms with Crippen LogP contribution in [-0.4, -0.2) is 31.0 Å². The number of methoxy groups -OCH3 is 1. The van der Waals surface area contributed by atoms with Crippen molar-refractivity contribution in [3.05, 3.63) is 46.6 Å². The Morgan fingerprint density at radius 3 is 2.56 bits per heavy atom. The summed E-state index contributed by atoms with van der Waals surface area (Å²) in [6.45, 7) is 1.33. The number of carbonyl (C=O) groups excluding carboxylic acids is 3. The zero-order valence-corrected chi connectivity index (χ0v) is 14.2. The van der Waals surface area contributed by atoms with Gasteiger partial charge in [0.2, 0.25) is 0 Å². The fourth-order valence-electron chi connectivity index (χ4n) is 1.88. The number of carbonyl (C=O) groups is 3. The molecule has 1 aromatic carbocycles. The van der Waals surface area contributed by atoms with Crippen LogP contribution in [0.3, 0.4) is 0 Å². The van der Waals surface area contributed by atoms with Crippen LogP contribution in [0.15, 0.2) is 29.6 Å². The molecule has 0 radical (unpaired) electrons. The molecule has 9 heteroatoms. The highest BCUT2D eigenvalue weighted by Gasteiger charge is 2.23. The van der Waals surface area contributed by atoms with E-state index in [2.05, 4.69) is 5.32 Å². The van der Waals surface area contributed by atoms with Crippen LogP contribution in [0, 0.1) is 5.82 Å². The van der Waals surface area contributed by atoms with Crippen LogP contribution in [0.25, 0.3) is 0 Å². The number of ether oxygens (including phenoxy) is 2. The van der Waals surface area contributed by atoms with Gasteiger partial charge in [0.15, 0.2) is 6.10 Å². The molecule has 0 saturated carbocycles. The minimum Gasteiger partial charge on any atom is -0.497 e. The smallest absolute Gasteiger partial charge is 0.341 e. The van der Waals surface area contributed by atoms with Crippen molar-refractivity contribution in [3.8, 4) is 5.75 Å². The Kier molecular flexibility index (Phi) is 5.71. The van der Waals surface area contributed by atoms with Gasteiger partial charge in [-0.1, -0.05) is 0 Å². The van der Waals surface area contributed by atoms with Crippen LogP contribution in [0.5, 0.6) is 5.75 Å². The van der Waals surface area contributed by atoms with Crippen molar-refractivity contribution in [2.24, 2.45) is 5.73 Å². The van der Waals surface area contributed by atoms with Gasteiger partial charge in [-0.15, -0.1) is 11.3 Å². The van der Waals surface area contributed by atoms with E-state index in [9.17, 15) is 18.8 Å². The lowest BCUT2D eigenvalue weighted by molar-refractivity contribution is -0.123. The number of thiophene rings is 1. The summed E-state index contributed by atoms with van der Waals surface area (Å²) in [5.74, 6) is -2.94. The molecule has 0 saturated heterocycles. The van der Waals surface area contributed by atoms with E-state index in [1.807, 2.05) is 0 Å². The predicted octanol–water partition coefficient (Wildman–Crippen LogP) is 2.18. The van der Waals surface area contributed by atoms with Gasteiger partial charge in [-0.25, -0.2) is 9.18 Å². The molecule has 25 heavy (non-hydrogen) atoms. The SMILES string of the molecule is COc1ccc(C(=O)O[C@H](C)C(=O)Nc2sccc2C(N)=O)c(F)c1. The van der Waals surface area contributed by atoms with Crippen molar-refractivity contribution in [1.82, 2.24) is 0 Å². The summed E-state index contributed by atoms with van der Waals surface area (Å²) in [6, 6.07) is 5.10. The van der Waals surface area contributed by atoms with Gasteiger partial charge in [0.1, 0.15) is 16.6 Å². The number of esters is 1. The third kappa shape index (κ3) is 4.32. The second kappa shape index (κ2) is 7.75. The Balaban J connectivity index is 2.04. The van der Waals surface area contributed by atoms with E-state index in [1.165, 1.54) is 32.2 Å². The number of amides is 2. The zero-order chi connectivity index (χ0) is 18.6. The average molecular weight is 366 g/mol. The molecule has 0 spiro atoms. The molecular weight excluding hydrogens is 351 g/mol. The Labute approximate surface area is 146 Å². The summed E-state index contributed by atoms with van der Waals surface area (Å²) >= 11 is 1.10. The zero-order valence-electron chi connectivity index (χ0n) is 13.4. The lowest BCUT2D eigenvalue weighted by atomic mass is 10.2. The average Bonchev–Trinajstić information content (AvgIpc) is 3.02. The largest absolute Gasteiger partial charge is 0.497 e. The molecule has 3 N–H and O–H groups in total. The molecule has 2 aromatic rings. The maximum absolute atomic E-state index is 13.9. The Morgan fingerprint density at radius 1 is 1.24 bits per heavy atom. The van der Waals surface area contributed by atoms with E-state index in [-0.39, 0.29) is 21.9 Å². The molecule has 1 atom stereocenters. The molecule has 0 bridgehead atoms. The summed E-state index contributed by atoms with van der Waals surface area (Å²) in [7, 11) is 1.37. The van der Waals surface area contributed by atoms with Crippen molar-refractivity contribution < 1.29 is 28.2 Å². The van der Waals surface area contributed by atoms with Gasteiger partial charge in [-0.05, 0) is 30.5 Å². The summed E-state index contributed by atoms with van der Waals surface area (Å²) in [5.41, 5.74) is 5.01. The van der Waals surface area contributed by atoms with Gasteiger partial charge in [0.05, 0.1) is 18.2 Å². The highest BCUT2D eigenvalue weighted by molar-refractivity contribution is 7.14. The minimum atomic E-state index is -1.21. The Morgan fingerprint density at radius 2 is 1.96 bits per heavy atom. The van der Waals surface area contributed by atoms with E-state index < -0.39 is 29.7 Å². The predicted molar refractivity (Wildman–Crippen MR) is 89.3 cm³/mol. The van der Waals surface area contributed by atoms with Gasteiger partial charge in [-0.3, -0.25) is 9.59 Å². The molecule has 2 rings (SSSR count). The summed E-state index contributed by atoms with van der Waals surface area (Å²) in [5, 5.41) is 4.28. The van der Waals surface area contributed by atoms with Crippen LogP contribution < -0.4 is 15.8 Å². The van der Waals surface area contributed by atoms with Crippen LogP contribution in [-0.2, 0) is 9.53 Å². The fourth-order valence-corrected chi connectivity index (χ4v) is 2.67. The Hall–Kier alpha value is -2.94.